The second-order valence-electron chi connectivity index (χ2n) is 7.68. The summed E-state index contributed by atoms with van der Waals surface area (Å²) in [6.45, 7) is 8.29. The number of hydrogen-bond acceptors (Lipinski definition) is 4. The molecule has 5 nitrogen and oxygen atoms in total. The van der Waals surface area contributed by atoms with E-state index < -0.39 is 0 Å². The summed E-state index contributed by atoms with van der Waals surface area (Å²) in [7, 11) is 3.30. The second kappa shape index (κ2) is 8.65. The smallest absolute Gasteiger partial charge is 0.238 e. The van der Waals surface area contributed by atoms with Gasteiger partial charge in [0.1, 0.15) is 0 Å². The van der Waals surface area contributed by atoms with E-state index in [4.69, 9.17) is 9.47 Å². The lowest BCUT2D eigenvalue weighted by Gasteiger charge is -2.29. The maximum atomic E-state index is 12.7. The van der Waals surface area contributed by atoms with Gasteiger partial charge in [-0.05, 0) is 53.6 Å². The number of carbonyl (C=O) groups excluding carboxylic acids is 1. The number of carbonyl (C=O) groups is 1. The van der Waals surface area contributed by atoms with E-state index in [2.05, 4.69) is 30.1 Å². The number of benzene rings is 2. The highest BCUT2D eigenvalue weighted by atomic mass is 16.5. The molecule has 1 aliphatic heterocycles. The van der Waals surface area contributed by atoms with Crippen molar-refractivity contribution in [1.29, 1.82) is 0 Å². The van der Waals surface area contributed by atoms with Gasteiger partial charge in [0.2, 0.25) is 5.91 Å². The first-order chi connectivity index (χ1) is 13.4. The molecule has 0 aliphatic carbocycles. The van der Waals surface area contributed by atoms with E-state index in [1.54, 1.807) is 14.2 Å². The van der Waals surface area contributed by atoms with Crippen molar-refractivity contribution in [1.82, 2.24) is 4.90 Å². The molecule has 0 unspecified atom stereocenters. The third-order valence-corrected chi connectivity index (χ3v) is 5.36. The van der Waals surface area contributed by atoms with Crippen LogP contribution < -0.4 is 14.8 Å². The first-order valence-corrected chi connectivity index (χ1v) is 9.78. The summed E-state index contributed by atoms with van der Waals surface area (Å²) < 4.78 is 10.8. The maximum Gasteiger partial charge on any atom is 0.238 e. The molecule has 1 heterocycles. The molecule has 0 fully saturated rings. The maximum absolute atomic E-state index is 12.7. The predicted octanol–water partition coefficient (Wildman–Crippen LogP) is 4.13. The number of methoxy groups -OCH3 is 2. The fourth-order valence-electron chi connectivity index (χ4n) is 3.80. The van der Waals surface area contributed by atoms with Gasteiger partial charge in [0.05, 0.1) is 20.8 Å². The Morgan fingerprint density at radius 1 is 1.14 bits per heavy atom. The van der Waals surface area contributed by atoms with Crippen molar-refractivity contribution < 1.29 is 14.3 Å². The van der Waals surface area contributed by atoms with Crippen molar-refractivity contribution in [3.63, 3.8) is 0 Å². The number of amides is 1. The lowest BCUT2D eigenvalue weighted by molar-refractivity contribution is -0.117. The van der Waals surface area contributed by atoms with Crippen molar-refractivity contribution in [3.8, 4) is 11.5 Å². The molecule has 5 heteroatoms. The summed E-state index contributed by atoms with van der Waals surface area (Å²) in [5.74, 6) is 1.88. The zero-order valence-electron chi connectivity index (χ0n) is 17.5. The number of nitrogens with zero attached hydrogens (tertiary/aromatic N) is 1. The molecule has 3 rings (SSSR count). The highest BCUT2D eigenvalue weighted by Gasteiger charge is 2.22. The molecular formula is C23H30N2O3. The Kier molecular flexibility index (Phi) is 6.25. The van der Waals surface area contributed by atoms with E-state index in [9.17, 15) is 4.79 Å². The van der Waals surface area contributed by atoms with E-state index in [1.165, 1.54) is 16.7 Å². The fourth-order valence-corrected chi connectivity index (χ4v) is 3.80. The van der Waals surface area contributed by atoms with E-state index in [0.29, 0.717) is 12.5 Å². The van der Waals surface area contributed by atoms with Crippen LogP contribution in [0.1, 0.15) is 42.0 Å². The number of fused-ring (bicyclic) bond motifs is 1. The Labute approximate surface area is 167 Å². The topological polar surface area (TPSA) is 50.8 Å². The highest BCUT2D eigenvalue weighted by Crippen LogP contribution is 2.33. The van der Waals surface area contributed by atoms with Gasteiger partial charge in [-0.15, -0.1) is 0 Å². The largest absolute Gasteiger partial charge is 0.493 e. The van der Waals surface area contributed by atoms with Crippen molar-refractivity contribution in [2.24, 2.45) is 0 Å². The molecule has 2 aromatic rings. The minimum Gasteiger partial charge on any atom is -0.493 e. The highest BCUT2D eigenvalue weighted by molar-refractivity contribution is 5.94. The van der Waals surface area contributed by atoms with Crippen LogP contribution in [0, 0.1) is 6.92 Å². The molecule has 0 spiro atoms. The van der Waals surface area contributed by atoms with Crippen LogP contribution in [0.2, 0.25) is 0 Å². The molecule has 150 valence electrons. The predicted molar refractivity (Wildman–Crippen MR) is 112 cm³/mol. The molecule has 1 N–H and O–H groups in total. The summed E-state index contributed by atoms with van der Waals surface area (Å²) in [6, 6.07) is 10.2. The van der Waals surface area contributed by atoms with Gasteiger partial charge in [0.25, 0.3) is 0 Å². The summed E-state index contributed by atoms with van der Waals surface area (Å²) >= 11 is 0. The molecule has 2 aromatic carbocycles. The van der Waals surface area contributed by atoms with Crippen LogP contribution in [0.25, 0.3) is 0 Å². The average molecular weight is 383 g/mol. The van der Waals surface area contributed by atoms with Crippen LogP contribution >= 0.6 is 0 Å². The van der Waals surface area contributed by atoms with Crippen molar-refractivity contribution in [3.05, 3.63) is 52.6 Å². The lowest BCUT2D eigenvalue weighted by atomic mass is 9.98. The van der Waals surface area contributed by atoms with Crippen molar-refractivity contribution in [2.45, 2.75) is 39.7 Å². The molecule has 1 aliphatic rings. The third kappa shape index (κ3) is 4.30. The zero-order valence-corrected chi connectivity index (χ0v) is 17.5. The first-order valence-electron chi connectivity index (χ1n) is 9.78. The summed E-state index contributed by atoms with van der Waals surface area (Å²) in [6.07, 6.45) is 0.893. The van der Waals surface area contributed by atoms with Gasteiger partial charge in [0, 0.05) is 18.8 Å². The van der Waals surface area contributed by atoms with Gasteiger partial charge in [-0.3, -0.25) is 9.69 Å². The molecule has 1 amide bonds. The fraction of sp³-hybridized carbons (Fsp3) is 0.435. The van der Waals surface area contributed by atoms with E-state index in [-0.39, 0.29) is 5.91 Å². The van der Waals surface area contributed by atoms with Crippen LogP contribution in [0.3, 0.4) is 0 Å². The Morgan fingerprint density at radius 3 is 2.46 bits per heavy atom. The molecule has 0 saturated heterocycles. The van der Waals surface area contributed by atoms with Gasteiger partial charge >= 0.3 is 0 Å². The number of ether oxygens (including phenoxy) is 2. The average Bonchev–Trinajstić information content (AvgIpc) is 2.68. The summed E-state index contributed by atoms with van der Waals surface area (Å²) in [5, 5.41) is 3.15. The monoisotopic (exact) mass is 382 g/mol. The summed E-state index contributed by atoms with van der Waals surface area (Å²) in [4.78, 5) is 14.9. The van der Waals surface area contributed by atoms with Crippen molar-refractivity contribution in [2.75, 3.05) is 32.6 Å². The van der Waals surface area contributed by atoms with Gasteiger partial charge in [-0.1, -0.05) is 32.0 Å². The van der Waals surface area contributed by atoms with Gasteiger partial charge < -0.3 is 14.8 Å². The minimum atomic E-state index is 0.0279. The molecule has 0 aromatic heterocycles. The Bertz CT molecular complexity index is 861. The molecule has 0 radical (unpaired) electrons. The molecular weight excluding hydrogens is 352 g/mol. The Hall–Kier alpha value is -2.53. The Balaban J connectivity index is 1.70. The summed E-state index contributed by atoms with van der Waals surface area (Å²) in [5.41, 5.74) is 5.67. The number of hydrogen-bond donors (Lipinski definition) is 1. The van der Waals surface area contributed by atoms with Crippen LogP contribution in [-0.4, -0.2) is 38.1 Å². The zero-order chi connectivity index (χ0) is 20.3. The van der Waals surface area contributed by atoms with Crippen molar-refractivity contribution >= 4 is 11.6 Å². The Morgan fingerprint density at radius 2 is 1.82 bits per heavy atom. The molecule has 0 saturated carbocycles. The van der Waals surface area contributed by atoms with E-state index in [1.807, 2.05) is 31.2 Å². The second-order valence-corrected chi connectivity index (χ2v) is 7.68. The molecule has 0 bridgehead atoms. The van der Waals surface area contributed by atoms with Crippen LogP contribution in [0.15, 0.2) is 30.3 Å². The SMILES string of the molecule is COc1cc2c(cc1OC)CN(CC(=O)Nc1c(C)cccc1C(C)C)CC2. The van der Waals surface area contributed by atoms with Crippen LogP contribution in [0.4, 0.5) is 5.69 Å². The first kappa shape index (κ1) is 20.2. The van der Waals surface area contributed by atoms with Crippen LogP contribution in [-0.2, 0) is 17.8 Å². The van der Waals surface area contributed by atoms with Gasteiger partial charge in [-0.2, -0.15) is 0 Å². The van der Waals surface area contributed by atoms with Gasteiger partial charge in [0.15, 0.2) is 11.5 Å². The number of anilines is 1. The minimum absolute atomic E-state index is 0.0279. The van der Waals surface area contributed by atoms with Gasteiger partial charge in [-0.25, -0.2) is 0 Å². The standard InChI is InChI=1S/C23H30N2O3/c1-15(2)19-8-6-7-16(3)23(19)24-22(26)14-25-10-9-17-11-20(27-4)21(28-5)12-18(17)13-25/h6-8,11-12,15H,9-10,13-14H2,1-5H3,(H,24,26). The third-order valence-electron chi connectivity index (χ3n) is 5.36. The number of para-hydroxylation sites is 1. The number of nitrogens with one attached hydrogen (secondary N) is 1. The van der Waals surface area contributed by atoms with Crippen LogP contribution in [0.5, 0.6) is 11.5 Å². The quantitative estimate of drug-likeness (QED) is 0.816. The normalized spacial score (nSPS) is 13.9. The van der Waals surface area contributed by atoms with E-state index in [0.717, 1.165) is 42.3 Å². The number of rotatable bonds is 6. The molecule has 0 atom stereocenters. The lowest BCUT2D eigenvalue weighted by Crippen LogP contribution is -2.37. The number of aryl methyl sites for hydroxylation is 1. The van der Waals surface area contributed by atoms with E-state index >= 15 is 0 Å². The molecule has 28 heavy (non-hydrogen) atoms.